The summed E-state index contributed by atoms with van der Waals surface area (Å²) in [6.07, 6.45) is 1.51. The van der Waals surface area contributed by atoms with Crippen molar-refractivity contribution in [1.29, 1.82) is 5.26 Å². The Balaban J connectivity index is 2.84. The van der Waals surface area contributed by atoms with E-state index in [4.69, 9.17) is 5.26 Å². The number of carbonyl (C=O) groups is 1. The van der Waals surface area contributed by atoms with Crippen LogP contribution in [-0.4, -0.2) is 6.41 Å². The molecule has 1 amide bonds. The van der Waals surface area contributed by atoms with E-state index < -0.39 is 6.04 Å². The number of nitrogens with zero attached hydrogens (tertiary/aromatic N) is 1. The third-order valence-corrected chi connectivity index (χ3v) is 2.09. The SMILES string of the molecule is CCc1ccc(C(C#N)NC=O)cc1. The van der Waals surface area contributed by atoms with Gasteiger partial charge in [-0.3, -0.25) is 4.79 Å². The van der Waals surface area contributed by atoms with Crippen LogP contribution in [0.4, 0.5) is 0 Å². The summed E-state index contributed by atoms with van der Waals surface area (Å²) in [4.78, 5) is 10.2. The van der Waals surface area contributed by atoms with Gasteiger partial charge in [-0.05, 0) is 17.5 Å². The minimum absolute atomic E-state index is 0.543. The molecule has 1 rings (SSSR count). The van der Waals surface area contributed by atoms with Crippen LogP contribution in [0.15, 0.2) is 24.3 Å². The second kappa shape index (κ2) is 5.03. The van der Waals surface area contributed by atoms with Crippen molar-refractivity contribution in [3.05, 3.63) is 35.4 Å². The second-order valence-electron chi connectivity index (χ2n) is 2.94. The van der Waals surface area contributed by atoms with Gasteiger partial charge >= 0.3 is 0 Å². The highest BCUT2D eigenvalue weighted by Gasteiger charge is 2.07. The Morgan fingerprint density at radius 2 is 2.14 bits per heavy atom. The number of nitriles is 1. The highest BCUT2D eigenvalue weighted by molar-refractivity contribution is 5.49. The molecule has 0 bridgehead atoms. The average molecular weight is 188 g/mol. The van der Waals surface area contributed by atoms with E-state index in [1.165, 1.54) is 5.56 Å². The third-order valence-electron chi connectivity index (χ3n) is 2.09. The molecule has 72 valence electrons. The Morgan fingerprint density at radius 3 is 2.57 bits per heavy atom. The number of hydrogen-bond donors (Lipinski definition) is 1. The lowest BCUT2D eigenvalue weighted by atomic mass is 10.1. The first-order chi connectivity index (χ1) is 6.81. The van der Waals surface area contributed by atoms with Gasteiger partial charge in [-0.15, -0.1) is 0 Å². The molecule has 0 radical (unpaired) electrons. The summed E-state index contributed by atoms with van der Waals surface area (Å²) in [6, 6.07) is 9.13. The Morgan fingerprint density at radius 1 is 1.50 bits per heavy atom. The van der Waals surface area contributed by atoms with Gasteiger partial charge in [-0.2, -0.15) is 5.26 Å². The average Bonchev–Trinajstić information content (AvgIpc) is 2.26. The number of carbonyl (C=O) groups excluding carboxylic acids is 1. The standard InChI is InChI=1S/C11H12N2O/c1-2-9-3-5-10(6-4-9)11(7-12)13-8-14/h3-6,8,11H,2H2,1H3,(H,13,14). The van der Waals surface area contributed by atoms with Crippen LogP contribution in [0.2, 0.25) is 0 Å². The van der Waals surface area contributed by atoms with Crippen molar-refractivity contribution in [3.63, 3.8) is 0 Å². The maximum absolute atomic E-state index is 10.2. The predicted octanol–water partition coefficient (Wildman–Crippen LogP) is 1.56. The minimum Gasteiger partial charge on any atom is -0.339 e. The molecule has 1 N–H and O–H groups in total. The molecule has 1 aromatic carbocycles. The molecule has 0 aliphatic rings. The van der Waals surface area contributed by atoms with Crippen LogP contribution in [-0.2, 0) is 11.2 Å². The Bertz CT molecular complexity index is 337. The second-order valence-corrected chi connectivity index (χ2v) is 2.94. The number of amides is 1. The Hall–Kier alpha value is -1.82. The molecule has 14 heavy (non-hydrogen) atoms. The zero-order valence-electron chi connectivity index (χ0n) is 8.03. The van der Waals surface area contributed by atoms with Gasteiger partial charge in [0.15, 0.2) is 0 Å². The molecule has 0 aliphatic heterocycles. The third kappa shape index (κ3) is 2.33. The summed E-state index contributed by atoms with van der Waals surface area (Å²) < 4.78 is 0. The summed E-state index contributed by atoms with van der Waals surface area (Å²) in [5.74, 6) is 0. The van der Waals surface area contributed by atoms with E-state index in [9.17, 15) is 4.79 Å². The zero-order chi connectivity index (χ0) is 10.4. The number of nitrogens with one attached hydrogen (secondary N) is 1. The number of aryl methyl sites for hydroxylation is 1. The maximum Gasteiger partial charge on any atom is 0.208 e. The van der Waals surface area contributed by atoms with Crippen molar-refractivity contribution in [1.82, 2.24) is 5.32 Å². The van der Waals surface area contributed by atoms with Crippen LogP contribution in [0.25, 0.3) is 0 Å². The van der Waals surface area contributed by atoms with Gasteiger partial charge in [0.05, 0.1) is 6.07 Å². The Labute approximate surface area is 83.4 Å². The number of benzene rings is 1. The number of rotatable bonds is 4. The molecule has 3 heteroatoms. The minimum atomic E-state index is -0.543. The summed E-state index contributed by atoms with van der Waals surface area (Å²) in [6.45, 7) is 2.07. The molecule has 0 aromatic heterocycles. The van der Waals surface area contributed by atoms with E-state index in [1.807, 2.05) is 30.3 Å². The van der Waals surface area contributed by atoms with Crippen LogP contribution < -0.4 is 5.32 Å². The molecular formula is C11H12N2O. The molecule has 0 fully saturated rings. The first-order valence-electron chi connectivity index (χ1n) is 4.50. The van der Waals surface area contributed by atoms with Crippen molar-refractivity contribution >= 4 is 6.41 Å². The fourth-order valence-electron chi connectivity index (χ4n) is 1.22. The van der Waals surface area contributed by atoms with Gasteiger partial charge < -0.3 is 5.32 Å². The van der Waals surface area contributed by atoms with Crippen LogP contribution in [0.1, 0.15) is 24.1 Å². The lowest BCUT2D eigenvalue weighted by Crippen LogP contribution is -2.17. The fourth-order valence-corrected chi connectivity index (χ4v) is 1.22. The van der Waals surface area contributed by atoms with E-state index in [0.29, 0.717) is 6.41 Å². The van der Waals surface area contributed by atoms with Crippen molar-refractivity contribution in [3.8, 4) is 6.07 Å². The van der Waals surface area contributed by atoms with E-state index >= 15 is 0 Å². The van der Waals surface area contributed by atoms with Crippen LogP contribution >= 0.6 is 0 Å². The normalized spacial score (nSPS) is 11.4. The molecule has 0 saturated heterocycles. The predicted molar refractivity (Wildman–Crippen MR) is 53.4 cm³/mol. The maximum atomic E-state index is 10.2. The summed E-state index contributed by atoms with van der Waals surface area (Å²) >= 11 is 0. The largest absolute Gasteiger partial charge is 0.339 e. The van der Waals surface area contributed by atoms with Crippen LogP contribution in [0, 0.1) is 11.3 Å². The molecule has 3 nitrogen and oxygen atoms in total. The lowest BCUT2D eigenvalue weighted by molar-refractivity contribution is -0.109. The first kappa shape index (κ1) is 10.3. The van der Waals surface area contributed by atoms with E-state index in [0.717, 1.165) is 12.0 Å². The highest BCUT2D eigenvalue weighted by atomic mass is 16.1. The highest BCUT2D eigenvalue weighted by Crippen LogP contribution is 2.12. The smallest absolute Gasteiger partial charge is 0.208 e. The quantitative estimate of drug-likeness (QED) is 0.729. The summed E-state index contributed by atoms with van der Waals surface area (Å²) in [5, 5.41) is 11.2. The van der Waals surface area contributed by atoms with Gasteiger partial charge in [0.2, 0.25) is 6.41 Å². The van der Waals surface area contributed by atoms with Gasteiger partial charge in [-0.25, -0.2) is 0 Å². The first-order valence-corrected chi connectivity index (χ1v) is 4.50. The van der Waals surface area contributed by atoms with Crippen LogP contribution in [0.3, 0.4) is 0 Å². The molecule has 0 heterocycles. The van der Waals surface area contributed by atoms with Crippen molar-refractivity contribution in [2.75, 3.05) is 0 Å². The summed E-state index contributed by atoms with van der Waals surface area (Å²) in [7, 11) is 0. The molecule has 1 unspecified atom stereocenters. The molecule has 0 saturated carbocycles. The van der Waals surface area contributed by atoms with Gasteiger partial charge in [-0.1, -0.05) is 31.2 Å². The monoisotopic (exact) mass is 188 g/mol. The van der Waals surface area contributed by atoms with E-state index in [1.54, 1.807) is 0 Å². The fraction of sp³-hybridized carbons (Fsp3) is 0.273. The Kier molecular flexibility index (Phi) is 3.69. The summed E-state index contributed by atoms with van der Waals surface area (Å²) in [5.41, 5.74) is 2.04. The van der Waals surface area contributed by atoms with E-state index in [2.05, 4.69) is 12.2 Å². The van der Waals surface area contributed by atoms with Crippen molar-refractivity contribution < 1.29 is 4.79 Å². The van der Waals surface area contributed by atoms with Gasteiger partial charge in [0.1, 0.15) is 6.04 Å². The van der Waals surface area contributed by atoms with Crippen molar-refractivity contribution in [2.24, 2.45) is 0 Å². The molecule has 0 aliphatic carbocycles. The number of hydrogen-bond acceptors (Lipinski definition) is 2. The van der Waals surface area contributed by atoms with Gasteiger partial charge in [0, 0.05) is 0 Å². The van der Waals surface area contributed by atoms with E-state index in [-0.39, 0.29) is 0 Å². The molecule has 1 atom stereocenters. The van der Waals surface area contributed by atoms with Crippen molar-refractivity contribution in [2.45, 2.75) is 19.4 Å². The topological polar surface area (TPSA) is 52.9 Å². The lowest BCUT2D eigenvalue weighted by Gasteiger charge is -2.07. The van der Waals surface area contributed by atoms with Crippen LogP contribution in [0.5, 0.6) is 0 Å². The zero-order valence-corrected chi connectivity index (χ0v) is 8.03. The molecule has 0 spiro atoms. The molecule has 1 aromatic rings. The molecular weight excluding hydrogens is 176 g/mol. The van der Waals surface area contributed by atoms with Gasteiger partial charge in [0.25, 0.3) is 0 Å².